The third-order valence-electron chi connectivity index (χ3n) is 3.57. The predicted molar refractivity (Wildman–Crippen MR) is 95.3 cm³/mol. The van der Waals surface area contributed by atoms with Crippen LogP contribution in [0.15, 0.2) is 41.8 Å². The molecule has 1 atom stereocenters. The molecule has 8 heteroatoms. The van der Waals surface area contributed by atoms with Crippen molar-refractivity contribution in [3.8, 4) is 5.75 Å². The first-order chi connectivity index (χ1) is 12.4. The van der Waals surface area contributed by atoms with E-state index in [4.69, 9.17) is 0 Å². The molecule has 2 aromatic rings. The van der Waals surface area contributed by atoms with Crippen LogP contribution in [-0.2, 0) is 11.3 Å². The summed E-state index contributed by atoms with van der Waals surface area (Å²) in [6, 6.07) is 8.84. The van der Waals surface area contributed by atoms with Crippen molar-refractivity contribution < 1.29 is 23.1 Å². The molecule has 0 saturated heterocycles. The second kappa shape index (κ2) is 9.28. The van der Waals surface area contributed by atoms with Crippen molar-refractivity contribution in [2.24, 2.45) is 5.92 Å². The van der Waals surface area contributed by atoms with Gasteiger partial charge in [-0.3, -0.25) is 9.59 Å². The van der Waals surface area contributed by atoms with Crippen LogP contribution < -0.4 is 15.4 Å². The van der Waals surface area contributed by atoms with Gasteiger partial charge in [-0.15, -0.1) is 11.3 Å². The summed E-state index contributed by atoms with van der Waals surface area (Å²) in [5.74, 6) is -0.739. The van der Waals surface area contributed by atoms with E-state index in [1.807, 2.05) is 13.8 Å². The van der Waals surface area contributed by atoms with Crippen LogP contribution in [0.5, 0.6) is 5.75 Å². The van der Waals surface area contributed by atoms with Gasteiger partial charge in [0.05, 0.1) is 4.88 Å². The lowest BCUT2D eigenvalue weighted by atomic mass is 10.0. The predicted octanol–water partition coefficient (Wildman–Crippen LogP) is 3.42. The highest BCUT2D eigenvalue weighted by Gasteiger charge is 2.24. The summed E-state index contributed by atoms with van der Waals surface area (Å²) >= 11 is 1.29. The van der Waals surface area contributed by atoms with Gasteiger partial charge < -0.3 is 15.4 Å². The van der Waals surface area contributed by atoms with Crippen molar-refractivity contribution in [2.75, 3.05) is 0 Å². The summed E-state index contributed by atoms with van der Waals surface area (Å²) in [7, 11) is 0. The van der Waals surface area contributed by atoms with Gasteiger partial charge in [0, 0.05) is 6.54 Å². The quantitative estimate of drug-likeness (QED) is 0.735. The number of nitrogens with one attached hydrogen (secondary N) is 2. The van der Waals surface area contributed by atoms with Gasteiger partial charge in [0.15, 0.2) is 0 Å². The molecule has 0 aliphatic heterocycles. The SMILES string of the molecule is CC(C)C(NC(=O)c1cccs1)C(=O)NCc1cccc(OC(F)F)c1. The Labute approximate surface area is 154 Å². The maximum atomic E-state index is 12.5. The molecule has 0 radical (unpaired) electrons. The van der Waals surface area contributed by atoms with E-state index in [0.717, 1.165) is 0 Å². The fourth-order valence-electron chi connectivity index (χ4n) is 2.29. The van der Waals surface area contributed by atoms with Gasteiger partial charge in [-0.05, 0) is 35.1 Å². The summed E-state index contributed by atoms with van der Waals surface area (Å²) in [4.78, 5) is 25.2. The molecule has 1 aromatic carbocycles. The number of benzene rings is 1. The van der Waals surface area contributed by atoms with Crippen molar-refractivity contribution in [2.45, 2.75) is 33.0 Å². The Morgan fingerprint density at radius 1 is 1.19 bits per heavy atom. The third-order valence-corrected chi connectivity index (χ3v) is 4.44. The topological polar surface area (TPSA) is 67.4 Å². The summed E-state index contributed by atoms with van der Waals surface area (Å²) in [5.41, 5.74) is 0.614. The number of rotatable bonds is 8. The van der Waals surface area contributed by atoms with Crippen LogP contribution >= 0.6 is 11.3 Å². The molecule has 2 N–H and O–H groups in total. The van der Waals surface area contributed by atoms with Gasteiger partial charge in [-0.2, -0.15) is 8.78 Å². The standard InChI is InChI=1S/C18H20F2N2O3S/c1-11(2)15(22-16(23)14-7-4-8-26-14)17(24)21-10-12-5-3-6-13(9-12)25-18(19)20/h3-9,11,15,18H,10H2,1-2H3,(H,21,24)(H,22,23). The maximum Gasteiger partial charge on any atom is 0.387 e. The number of carbonyl (C=O) groups is 2. The van der Waals surface area contributed by atoms with E-state index < -0.39 is 12.7 Å². The molecular weight excluding hydrogens is 362 g/mol. The van der Waals surface area contributed by atoms with Crippen molar-refractivity contribution in [1.82, 2.24) is 10.6 Å². The number of ether oxygens (including phenoxy) is 1. The highest BCUT2D eigenvalue weighted by Crippen LogP contribution is 2.16. The minimum atomic E-state index is -2.90. The van der Waals surface area contributed by atoms with Gasteiger partial charge in [0.25, 0.3) is 5.91 Å². The average molecular weight is 382 g/mol. The highest BCUT2D eigenvalue weighted by molar-refractivity contribution is 7.12. The third kappa shape index (κ3) is 5.80. The zero-order valence-electron chi connectivity index (χ0n) is 14.4. The van der Waals surface area contributed by atoms with Crippen LogP contribution in [0.1, 0.15) is 29.1 Å². The van der Waals surface area contributed by atoms with Gasteiger partial charge in [-0.1, -0.05) is 32.0 Å². The second-order valence-corrected chi connectivity index (χ2v) is 6.86. The minimum Gasteiger partial charge on any atom is -0.435 e. The summed E-state index contributed by atoms with van der Waals surface area (Å²) in [5, 5.41) is 7.23. The van der Waals surface area contributed by atoms with Crippen LogP contribution in [0.2, 0.25) is 0 Å². The molecule has 0 aliphatic rings. The second-order valence-electron chi connectivity index (χ2n) is 5.92. The van der Waals surface area contributed by atoms with E-state index in [2.05, 4.69) is 15.4 Å². The normalized spacial score (nSPS) is 12.1. The molecule has 1 heterocycles. The molecule has 0 aliphatic carbocycles. The van der Waals surface area contributed by atoms with Crippen molar-refractivity contribution in [3.05, 3.63) is 52.2 Å². The van der Waals surface area contributed by atoms with Crippen LogP contribution in [-0.4, -0.2) is 24.5 Å². The van der Waals surface area contributed by atoms with Gasteiger partial charge in [0.2, 0.25) is 5.91 Å². The van der Waals surface area contributed by atoms with Gasteiger partial charge in [-0.25, -0.2) is 0 Å². The van der Waals surface area contributed by atoms with Crippen LogP contribution in [0, 0.1) is 5.92 Å². The largest absolute Gasteiger partial charge is 0.435 e. The first-order valence-electron chi connectivity index (χ1n) is 8.02. The molecule has 1 aromatic heterocycles. The summed E-state index contributed by atoms with van der Waals surface area (Å²) in [6.45, 7) is 0.890. The molecule has 0 fully saturated rings. The van der Waals surface area contributed by atoms with E-state index in [1.165, 1.54) is 23.5 Å². The number of alkyl halides is 2. The van der Waals surface area contributed by atoms with E-state index in [0.29, 0.717) is 10.4 Å². The Morgan fingerprint density at radius 3 is 2.58 bits per heavy atom. The molecule has 2 rings (SSSR count). The van der Waals surface area contributed by atoms with Crippen molar-refractivity contribution in [1.29, 1.82) is 0 Å². The van der Waals surface area contributed by atoms with E-state index >= 15 is 0 Å². The molecular formula is C18H20F2N2O3S. The molecule has 140 valence electrons. The fraction of sp³-hybridized carbons (Fsp3) is 0.333. The highest BCUT2D eigenvalue weighted by atomic mass is 32.1. The number of hydrogen-bond acceptors (Lipinski definition) is 4. The monoisotopic (exact) mass is 382 g/mol. The number of hydrogen-bond donors (Lipinski definition) is 2. The Bertz CT molecular complexity index is 736. The van der Waals surface area contributed by atoms with Crippen LogP contribution in [0.4, 0.5) is 8.78 Å². The zero-order valence-corrected chi connectivity index (χ0v) is 15.2. The first-order valence-corrected chi connectivity index (χ1v) is 8.90. The van der Waals surface area contributed by atoms with Gasteiger partial charge in [0.1, 0.15) is 11.8 Å². The molecule has 2 amide bonds. The Kier molecular flexibility index (Phi) is 7.08. The minimum absolute atomic E-state index is 0.0261. The lowest BCUT2D eigenvalue weighted by Gasteiger charge is -2.21. The van der Waals surface area contributed by atoms with Crippen LogP contribution in [0.3, 0.4) is 0 Å². The molecule has 1 unspecified atom stereocenters. The molecule has 26 heavy (non-hydrogen) atoms. The molecule has 0 saturated carbocycles. The lowest BCUT2D eigenvalue weighted by Crippen LogP contribution is -2.49. The summed E-state index contributed by atoms with van der Waals surface area (Å²) in [6.07, 6.45) is 0. The van der Waals surface area contributed by atoms with E-state index in [9.17, 15) is 18.4 Å². The average Bonchev–Trinajstić information content (AvgIpc) is 3.11. The Morgan fingerprint density at radius 2 is 1.96 bits per heavy atom. The lowest BCUT2D eigenvalue weighted by molar-refractivity contribution is -0.124. The molecule has 0 bridgehead atoms. The van der Waals surface area contributed by atoms with Crippen molar-refractivity contribution >= 4 is 23.2 Å². The fourth-order valence-corrected chi connectivity index (χ4v) is 2.91. The van der Waals surface area contributed by atoms with E-state index in [1.54, 1.807) is 29.6 Å². The number of carbonyl (C=O) groups excluding carboxylic acids is 2. The molecule has 5 nitrogen and oxygen atoms in total. The Balaban J connectivity index is 1.96. The first kappa shape index (κ1) is 19.8. The maximum absolute atomic E-state index is 12.5. The van der Waals surface area contributed by atoms with Crippen molar-refractivity contribution in [3.63, 3.8) is 0 Å². The summed E-state index contributed by atoms with van der Waals surface area (Å²) < 4.78 is 28.9. The Hall–Kier alpha value is -2.48. The zero-order chi connectivity index (χ0) is 19.1. The number of halogens is 2. The number of amides is 2. The smallest absolute Gasteiger partial charge is 0.387 e. The van der Waals surface area contributed by atoms with Crippen LogP contribution in [0.25, 0.3) is 0 Å². The molecule has 0 spiro atoms. The number of thiophene rings is 1. The van der Waals surface area contributed by atoms with Gasteiger partial charge >= 0.3 is 6.61 Å². The van der Waals surface area contributed by atoms with E-state index in [-0.39, 0.29) is 30.0 Å².